The minimum Gasteiger partial charge on any atom is -0.381 e. The first-order valence-electron chi connectivity index (χ1n) is 10.3. The van der Waals surface area contributed by atoms with E-state index in [-0.39, 0.29) is 17.4 Å². The molecule has 28 heavy (non-hydrogen) atoms. The van der Waals surface area contributed by atoms with Gasteiger partial charge >= 0.3 is 0 Å². The highest BCUT2D eigenvalue weighted by Gasteiger charge is 2.33. The predicted molar refractivity (Wildman–Crippen MR) is 107 cm³/mol. The van der Waals surface area contributed by atoms with Gasteiger partial charge in [-0.3, -0.25) is 4.79 Å². The van der Waals surface area contributed by atoms with Crippen molar-refractivity contribution in [2.24, 2.45) is 0 Å². The fraction of sp³-hybridized carbons (Fsp3) is 0.591. The van der Waals surface area contributed by atoms with Crippen LogP contribution in [0.3, 0.4) is 0 Å². The van der Waals surface area contributed by atoms with Crippen LogP contribution in [0.1, 0.15) is 69.1 Å². The molecule has 6 heteroatoms. The van der Waals surface area contributed by atoms with Gasteiger partial charge in [0.1, 0.15) is 5.82 Å². The quantitative estimate of drug-likeness (QED) is 0.813. The number of carbonyl (C=O) groups is 1. The molecule has 0 N–H and O–H groups in total. The average molecular weight is 383 g/mol. The molecule has 2 saturated heterocycles. The van der Waals surface area contributed by atoms with Gasteiger partial charge in [-0.2, -0.15) is 5.10 Å². The summed E-state index contributed by atoms with van der Waals surface area (Å²) in [5.74, 6) is 2.59. The van der Waals surface area contributed by atoms with Crippen molar-refractivity contribution in [1.82, 2.24) is 19.7 Å². The standard InChI is InChI=1S/C22H30N4O2/c1-22(2,3)26-19(23-21(24-26)17-9-11-28-12-10-17)15-25-14-18(13-20(25)27)16-7-5-4-6-8-16/h4-8,17-18H,9-15H2,1-3H3. The molecule has 1 unspecified atom stereocenters. The van der Waals surface area contributed by atoms with Gasteiger partial charge < -0.3 is 9.64 Å². The molecule has 1 atom stereocenters. The van der Waals surface area contributed by atoms with Gasteiger partial charge in [-0.25, -0.2) is 9.67 Å². The lowest BCUT2D eigenvalue weighted by atomic mass is 9.99. The minimum absolute atomic E-state index is 0.173. The third-order valence-corrected chi connectivity index (χ3v) is 5.73. The van der Waals surface area contributed by atoms with Crippen molar-refractivity contribution in [3.8, 4) is 0 Å². The maximum atomic E-state index is 12.7. The molecule has 0 bridgehead atoms. The zero-order chi connectivity index (χ0) is 19.7. The van der Waals surface area contributed by atoms with Crippen molar-refractivity contribution in [1.29, 1.82) is 0 Å². The van der Waals surface area contributed by atoms with Gasteiger partial charge in [-0.15, -0.1) is 0 Å². The first-order chi connectivity index (χ1) is 13.4. The molecule has 0 spiro atoms. The van der Waals surface area contributed by atoms with Crippen LogP contribution in [0.5, 0.6) is 0 Å². The SMILES string of the molecule is CC(C)(C)n1nc(C2CCOCC2)nc1CN1CC(c2ccccc2)CC1=O. The first kappa shape index (κ1) is 19.1. The van der Waals surface area contributed by atoms with Gasteiger partial charge in [-0.05, 0) is 39.2 Å². The molecule has 2 aromatic rings. The van der Waals surface area contributed by atoms with Crippen molar-refractivity contribution in [3.63, 3.8) is 0 Å². The third kappa shape index (κ3) is 3.97. The number of benzene rings is 1. The number of rotatable bonds is 4. The molecule has 4 rings (SSSR count). The smallest absolute Gasteiger partial charge is 0.223 e. The Bertz CT molecular complexity index is 819. The second kappa shape index (κ2) is 7.66. The summed E-state index contributed by atoms with van der Waals surface area (Å²) in [6, 6.07) is 10.3. The van der Waals surface area contributed by atoms with E-state index in [0.717, 1.165) is 44.2 Å². The average Bonchev–Trinajstić information content (AvgIpc) is 3.28. The van der Waals surface area contributed by atoms with Gasteiger partial charge in [0.05, 0.1) is 12.1 Å². The summed E-state index contributed by atoms with van der Waals surface area (Å²) < 4.78 is 7.50. The van der Waals surface area contributed by atoms with Crippen molar-refractivity contribution in [3.05, 3.63) is 47.5 Å². The minimum atomic E-state index is -0.173. The van der Waals surface area contributed by atoms with E-state index in [4.69, 9.17) is 14.8 Å². The molecule has 3 heterocycles. The van der Waals surface area contributed by atoms with Gasteiger partial charge in [0.2, 0.25) is 5.91 Å². The Balaban J connectivity index is 1.55. The number of likely N-dealkylation sites (tertiary alicyclic amines) is 1. The Morgan fingerprint density at radius 3 is 2.50 bits per heavy atom. The van der Waals surface area contributed by atoms with Crippen LogP contribution in [-0.4, -0.2) is 45.3 Å². The van der Waals surface area contributed by atoms with E-state index in [1.165, 1.54) is 5.56 Å². The number of hydrogen-bond acceptors (Lipinski definition) is 4. The molecular formula is C22H30N4O2. The van der Waals surface area contributed by atoms with Crippen LogP contribution in [0.25, 0.3) is 0 Å². The largest absolute Gasteiger partial charge is 0.381 e. The number of amides is 1. The summed E-state index contributed by atoms with van der Waals surface area (Å²) >= 11 is 0. The molecule has 2 aliphatic rings. The Morgan fingerprint density at radius 2 is 1.82 bits per heavy atom. The Labute approximate surface area is 166 Å². The molecule has 0 aliphatic carbocycles. The Hall–Kier alpha value is -2.21. The lowest BCUT2D eigenvalue weighted by molar-refractivity contribution is -0.128. The third-order valence-electron chi connectivity index (χ3n) is 5.73. The molecule has 0 saturated carbocycles. The normalized spacial score (nSPS) is 21.5. The van der Waals surface area contributed by atoms with Crippen LogP contribution in [0, 0.1) is 0 Å². The monoisotopic (exact) mass is 382 g/mol. The van der Waals surface area contributed by atoms with E-state index < -0.39 is 0 Å². The van der Waals surface area contributed by atoms with Gasteiger partial charge in [0, 0.05) is 38.0 Å². The Morgan fingerprint density at radius 1 is 1.11 bits per heavy atom. The molecule has 1 amide bonds. The number of ether oxygens (including phenoxy) is 1. The van der Waals surface area contributed by atoms with E-state index in [1.807, 2.05) is 27.8 Å². The molecule has 2 aliphatic heterocycles. The second-order valence-corrected chi connectivity index (χ2v) is 8.94. The zero-order valence-corrected chi connectivity index (χ0v) is 17.1. The molecular weight excluding hydrogens is 352 g/mol. The van der Waals surface area contributed by atoms with Crippen LogP contribution < -0.4 is 0 Å². The second-order valence-electron chi connectivity index (χ2n) is 8.94. The summed E-state index contributed by atoms with van der Waals surface area (Å²) in [5, 5.41) is 4.86. The van der Waals surface area contributed by atoms with Crippen LogP contribution in [-0.2, 0) is 21.6 Å². The highest BCUT2D eigenvalue weighted by Crippen LogP contribution is 2.31. The maximum Gasteiger partial charge on any atom is 0.223 e. The first-order valence-corrected chi connectivity index (χ1v) is 10.3. The molecule has 1 aromatic carbocycles. The molecule has 6 nitrogen and oxygen atoms in total. The molecule has 1 aromatic heterocycles. The molecule has 150 valence electrons. The number of carbonyl (C=O) groups excluding carboxylic acids is 1. The Kier molecular flexibility index (Phi) is 5.23. The van der Waals surface area contributed by atoms with Crippen molar-refractivity contribution in [2.75, 3.05) is 19.8 Å². The predicted octanol–water partition coefficient (Wildman–Crippen LogP) is 3.44. The van der Waals surface area contributed by atoms with Gasteiger partial charge in [0.15, 0.2) is 5.82 Å². The van der Waals surface area contributed by atoms with Crippen LogP contribution >= 0.6 is 0 Å². The number of hydrogen-bond donors (Lipinski definition) is 0. The van der Waals surface area contributed by atoms with Gasteiger partial charge in [-0.1, -0.05) is 30.3 Å². The van der Waals surface area contributed by atoms with E-state index in [2.05, 4.69) is 32.9 Å². The lowest BCUT2D eigenvalue weighted by Crippen LogP contribution is -2.31. The van der Waals surface area contributed by atoms with Crippen LogP contribution in [0.15, 0.2) is 30.3 Å². The van der Waals surface area contributed by atoms with Crippen molar-refractivity contribution < 1.29 is 9.53 Å². The molecule has 2 fully saturated rings. The van der Waals surface area contributed by atoms with E-state index >= 15 is 0 Å². The lowest BCUT2D eigenvalue weighted by Gasteiger charge is -2.24. The maximum absolute atomic E-state index is 12.7. The fourth-order valence-electron chi connectivity index (χ4n) is 4.17. The van der Waals surface area contributed by atoms with Gasteiger partial charge in [0.25, 0.3) is 0 Å². The summed E-state index contributed by atoms with van der Waals surface area (Å²) in [6.07, 6.45) is 2.50. The zero-order valence-electron chi connectivity index (χ0n) is 17.1. The topological polar surface area (TPSA) is 60.2 Å². The number of nitrogens with zero attached hydrogens (tertiary/aromatic N) is 4. The van der Waals surface area contributed by atoms with Crippen LogP contribution in [0.4, 0.5) is 0 Å². The summed E-state index contributed by atoms with van der Waals surface area (Å²) in [5.41, 5.74) is 1.06. The van der Waals surface area contributed by atoms with Crippen molar-refractivity contribution in [2.45, 2.75) is 64.0 Å². The highest BCUT2D eigenvalue weighted by atomic mass is 16.5. The highest BCUT2D eigenvalue weighted by molar-refractivity contribution is 5.79. The molecule has 0 radical (unpaired) electrons. The summed E-state index contributed by atoms with van der Waals surface area (Å²) in [7, 11) is 0. The summed E-state index contributed by atoms with van der Waals surface area (Å²) in [4.78, 5) is 19.5. The van der Waals surface area contributed by atoms with E-state index in [9.17, 15) is 4.79 Å². The van der Waals surface area contributed by atoms with Crippen LogP contribution in [0.2, 0.25) is 0 Å². The van der Waals surface area contributed by atoms with E-state index in [1.54, 1.807) is 0 Å². The van der Waals surface area contributed by atoms with E-state index in [0.29, 0.717) is 18.9 Å². The summed E-state index contributed by atoms with van der Waals surface area (Å²) in [6.45, 7) is 9.22. The number of aromatic nitrogens is 3. The fourth-order valence-corrected chi connectivity index (χ4v) is 4.17. The van der Waals surface area contributed by atoms with Crippen molar-refractivity contribution >= 4 is 5.91 Å².